The highest BCUT2D eigenvalue weighted by Gasteiger charge is 2.20. The minimum Gasteiger partial charge on any atom is -0.264 e. The van der Waals surface area contributed by atoms with Crippen molar-refractivity contribution in [3.63, 3.8) is 0 Å². The maximum atomic E-state index is 14.0. The van der Waals surface area contributed by atoms with E-state index in [0.29, 0.717) is 20.7 Å². The summed E-state index contributed by atoms with van der Waals surface area (Å²) in [6, 6.07) is 3.14. The molecule has 0 spiro atoms. The van der Waals surface area contributed by atoms with Gasteiger partial charge in [0.25, 0.3) is 0 Å². The van der Waals surface area contributed by atoms with Gasteiger partial charge in [0.05, 0.1) is 16.8 Å². The second-order valence-corrected chi connectivity index (χ2v) is 6.08. The number of rotatable bonds is 2. The van der Waals surface area contributed by atoms with E-state index >= 15 is 0 Å². The molecule has 1 aromatic carbocycles. The summed E-state index contributed by atoms with van der Waals surface area (Å²) in [6.45, 7) is 0. The van der Waals surface area contributed by atoms with Crippen molar-refractivity contribution in [3.05, 3.63) is 41.1 Å². The van der Waals surface area contributed by atoms with E-state index < -0.39 is 11.6 Å². The molecule has 3 aromatic heterocycles. The Morgan fingerprint density at radius 3 is 2.78 bits per heavy atom. The third kappa shape index (κ3) is 2.20. The van der Waals surface area contributed by atoms with Crippen LogP contribution in [-0.2, 0) is 7.05 Å². The molecule has 0 aliphatic heterocycles. The van der Waals surface area contributed by atoms with E-state index in [9.17, 15) is 8.78 Å². The van der Waals surface area contributed by atoms with E-state index in [1.807, 2.05) is 0 Å². The Hall–Kier alpha value is -2.39. The van der Waals surface area contributed by atoms with Crippen molar-refractivity contribution in [1.82, 2.24) is 29.6 Å². The fourth-order valence-corrected chi connectivity index (χ4v) is 3.44. The zero-order chi connectivity index (χ0) is 16.1. The first kappa shape index (κ1) is 14.2. The number of halogens is 3. The number of benzene rings is 1. The Morgan fingerprint density at radius 1 is 1.22 bits per heavy atom. The van der Waals surface area contributed by atoms with Crippen LogP contribution < -0.4 is 0 Å². The van der Waals surface area contributed by atoms with Crippen molar-refractivity contribution in [2.45, 2.75) is 0 Å². The van der Waals surface area contributed by atoms with Gasteiger partial charge in [-0.1, -0.05) is 22.9 Å². The molecule has 0 saturated heterocycles. The molecule has 0 unspecified atom stereocenters. The van der Waals surface area contributed by atoms with Crippen LogP contribution in [0.1, 0.15) is 0 Å². The van der Waals surface area contributed by atoms with Crippen LogP contribution in [0.2, 0.25) is 5.02 Å². The molecule has 0 radical (unpaired) electrons. The van der Waals surface area contributed by atoms with Gasteiger partial charge in [0.2, 0.25) is 4.96 Å². The zero-order valence-corrected chi connectivity index (χ0v) is 13.1. The summed E-state index contributed by atoms with van der Waals surface area (Å²) in [5.74, 6) is -1.05. The van der Waals surface area contributed by atoms with E-state index in [4.69, 9.17) is 11.6 Å². The van der Waals surface area contributed by atoms with Gasteiger partial charge < -0.3 is 0 Å². The van der Waals surface area contributed by atoms with Gasteiger partial charge in [0.1, 0.15) is 17.3 Å². The second kappa shape index (κ2) is 5.07. The minimum atomic E-state index is -0.603. The smallest absolute Gasteiger partial charge is 0.235 e. The van der Waals surface area contributed by atoms with Crippen molar-refractivity contribution in [2.75, 3.05) is 0 Å². The van der Waals surface area contributed by atoms with E-state index in [0.717, 1.165) is 18.2 Å². The summed E-state index contributed by atoms with van der Waals surface area (Å²) in [7, 11) is 1.73. The first-order valence-corrected chi connectivity index (χ1v) is 7.59. The van der Waals surface area contributed by atoms with E-state index in [2.05, 4.69) is 20.4 Å². The standard InChI is InChI=1S/C13H7ClF2N6S/c1-21-10(8(14)5-17-21)12-20-22-11(18-19-13(22)23-12)7-4-6(15)2-3-9(7)16/h2-5H,1H3. The first-order valence-electron chi connectivity index (χ1n) is 6.40. The van der Waals surface area contributed by atoms with Gasteiger partial charge >= 0.3 is 0 Å². The monoisotopic (exact) mass is 352 g/mol. The number of fused-ring (bicyclic) bond motifs is 1. The van der Waals surface area contributed by atoms with Crippen molar-refractivity contribution >= 4 is 27.9 Å². The van der Waals surface area contributed by atoms with Gasteiger partial charge in [0.15, 0.2) is 10.8 Å². The number of nitrogens with zero attached hydrogens (tertiary/aromatic N) is 6. The molecular formula is C13H7ClF2N6S. The number of hydrogen-bond donors (Lipinski definition) is 0. The third-order valence-corrected chi connectivity index (χ3v) is 4.44. The maximum absolute atomic E-state index is 14.0. The molecule has 0 fully saturated rings. The molecule has 0 saturated carbocycles. The van der Waals surface area contributed by atoms with Crippen molar-refractivity contribution in [1.29, 1.82) is 0 Å². The molecule has 0 aliphatic carbocycles. The van der Waals surface area contributed by atoms with Crippen molar-refractivity contribution in [3.8, 4) is 22.1 Å². The van der Waals surface area contributed by atoms with Gasteiger partial charge in [-0.15, -0.1) is 10.2 Å². The van der Waals surface area contributed by atoms with Crippen LogP contribution in [-0.4, -0.2) is 29.6 Å². The van der Waals surface area contributed by atoms with Crippen LogP contribution in [0.3, 0.4) is 0 Å². The summed E-state index contributed by atoms with van der Waals surface area (Å²) < 4.78 is 30.3. The summed E-state index contributed by atoms with van der Waals surface area (Å²) in [5.41, 5.74) is 0.610. The fourth-order valence-electron chi connectivity index (χ4n) is 2.20. The van der Waals surface area contributed by atoms with Crippen molar-refractivity contribution < 1.29 is 8.78 Å². The molecule has 0 aliphatic rings. The highest BCUT2D eigenvalue weighted by Crippen LogP contribution is 2.32. The predicted octanol–water partition coefficient (Wildman–Crippen LogP) is 3.18. The number of hydrogen-bond acceptors (Lipinski definition) is 5. The van der Waals surface area contributed by atoms with Crippen LogP contribution in [0.4, 0.5) is 8.78 Å². The Morgan fingerprint density at radius 2 is 2.04 bits per heavy atom. The van der Waals surface area contributed by atoms with Crippen molar-refractivity contribution in [2.24, 2.45) is 7.05 Å². The second-order valence-electron chi connectivity index (χ2n) is 4.71. The summed E-state index contributed by atoms with van der Waals surface area (Å²) >= 11 is 7.33. The molecule has 4 rings (SSSR count). The predicted molar refractivity (Wildman–Crippen MR) is 81.2 cm³/mol. The molecule has 10 heteroatoms. The molecule has 6 nitrogen and oxygen atoms in total. The average molecular weight is 353 g/mol. The molecule has 4 aromatic rings. The highest BCUT2D eigenvalue weighted by molar-refractivity contribution is 7.19. The number of aromatic nitrogens is 6. The lowest BCUT2D eigenvalue weighted by Gasteiger charge is -2.00. The Labute approximate surface area is 137 Å². The molecular weight excluding hydrogens is 346 g/mol. The summed E-state index contributed by atoms with van der Waals surface area (Å²) in [4.78, 5) is 0.441. The molecule has 0 N–H and O–H groups in total. The quantitative estimate of drug-likeness (QED) is 0.556. The SMILES string of the molecule is Cn1ncc(Cl)c1-c1nn2c(-c3cc(F)ccc3F)nnc2s1. The van der Waals surface area contributed by atoms with Crippen LogP contribution >= 0.6 is 22.9 Å². The van der Waals surface area contributed by atoms with Crippen LogP contribution in [0.15, 0.2) is 24.4 Å². The summed E-state index contributed by atoms with van der Waals surface area (Å²) in [6.07, 6.45) is 1.51. The maximum Gasteiger partial charge on any atom is 0.235 e. The lowest BCUT2D eigenvalue weighted by atomic mass is 10.2. The minimum absolute atomic E-state index is 0.00884. The molecule has 0 amide bonds. The Bertz CT molecular complexity index is 1020. The van der Waals surface area contributed by atoms with Gasteiger partial charge in [-0.05, 0) is 18.2 Å². The largest absolute Gasteiger partial charge is 0.264 e. The molecule has 23 heavy (non-hydrogen) atoms. The highest BCUT2D eigenvalue weighted by atomic mass is 35.5. The van der Waals surface area contributed by atoms with Crippen LogP contribution in [0.25, 0.3) is 27.1 Å². The first-order chi connectivity index (χ1) is 11.0. The van der Waals surface area contributed by atoms with Gasteiger partial charge in [-0.3, -0.25) is 4.68 Å². The fraction of sp³-hybridized carbons (Fsp3) is 0.0769. The Kier molecular flexibility index (Phi) is 3.13. The summed E-state index contributed by atoms with van der Waals surface area (Å²) in [5, 5.41) is 17.3. The lowest BCUT2D eigenvalue weighted by Crippen LogP contribution is -1.97. The van der Waals surface area contributed by atoms with Gasteiger partial charge in [-0.25, -0.2) is 8.78 Å². The number of aryl methyl sites for hydroxylation is 1. The average Bonchev–Trinajstić information content (AvgIpc) is 3.16. The lowest BCUT2D eigenvalue weighted by molar-refractivity contribution is 0.601. The van der Waals surface area contributed by atoms with Crippen LogP contribution in [0.5, 0.6) is 0 Å². The molecule has 0 bridgehead atoms. The van der Waals surface area contributed by atoms with E-state index in [1.54, 1.807) is 11.7 Å². The van der Waals surface area contributed by atoms with E-state index in [1.165, 1.54) is 22.0 Å². The van der Waals surface area contributed by atoms with Crippen LogP contribution in [0, 0.1) is 11.6 Å². The normalized spacial score (nSPS) is 11.5. The zero-order valence-electron chi connectivity index (χ0n) is 11.5. The molecule has 3 heterocycles. The van der Waals surface area contributed by atoms with Gasteiger partial charge in [0, 0.05) is 7.05 Å². The molecule has 0 atom stereocenters. The van der Waals surface area contributed by atoms with Gasteiger partial charge in [-0.2, -0.15) is 14.7 Å². The topological polar surface area (TPSA) is 60.9 Å². The molecule has 116 valence electrons. The van der Waals surface area contributed by atoms with E-state index in [-0.39, 0.29) is 11.4 Å². The Balaban J connectivity index is 1.92. The third-order valence-electron chi connectivity index (χ3n) is 3.26.